The van der Waals surface area contributed by atoms with Crippen LogP contribution in [0.4, 0.5) is 5.82 Å². The van der Waals surface area contributed by atoms with Crippen molar-refractivity contribution in [2.75, 3.05) is 31.6 Å². The van der Waals surface area contributed by atoms with Crippen LogP contribution in [-0.2, 0) is 5.41 Å². The van der Waals surface area contributed by atoms with Gasteiger partial charge < -0.3 is 19.9 Å². The van der Waals surface area contributed by atoms with Crippen LogP contribution in [0, 0.1) is 18.8 Å². The molecule has 10 nitrogen and oxygen atoms in total. The van der Waals surface area contributed by atoms with Crippen LogP contribution in [0.5, 0.6) is 5.75 Å². The van der Waals surface area contributed by atoms with Gasteiger partial charge >= 0.3 is 0 Å². The molecule has 2 aliphatic rings. The van der Waals surface area contributed by atoms with Crippen LogP contribution in [-0.4, -0.2) is 57.1 Å². The van der Waals surface area contributed by atoms with Crippen LogP contribution < -0.4 is 15.4 Å². The summed E-state index contributed by atoms with van der Waals surface area (Å²) >= 11 is 0. The Hall–Kier alpha value is -4.05. The number of nitrogens with one attached hydrogen (secondary N) is 1. The van der Waals surface area contributed by atoms with Crippen molar-refractivity contribution in [2.24, 2.45) is 17.6 Å². The number of aromatic nitrogens is 6. The molecule has 1 aliphatic heterocycles. The smallest absolute Gasteiger partial charge is 0.177 e. The fourth-order valence-electron chi connectivity index (χ4n) is 6.21. The van der Waals surface area contributed by atoms with Crippen molar-refractivity contribution in [1.29, 1.82) is 0 Å². The average Bonchev–Trinajstić information content (AvgIpc) is 3.16. The molecular formula is C26H26N8O2. The van der Waals surface area contributed by atoms with Gasteiger partial charge in [0.25, 0.3) is 0 Å². The minimum absolute atomic E-state index is 0.103. The number of hydrogen-bond acceptors (Lipinski definition) is 9. The summed E-state index contributed by atoms with van der Waals surface area (Å²) in [6.07, 6.45) is 4.64. The van der Waals surface area contributed by atoms with E-state index >= 15 is 0 Å². The third-order valence-corrected chi connectivity index (χ3v) is 8.06. The van der Waals surface area contributed by atoms with Gasteiger partial charge in [-0.15, -0.1) is 0 Å². The maximum Gasteiger partial charge on any atom is 0.177 e. The first-order valence-electron chi connectivity index (χ1n) is 12.2. The fourth-order valence-corrected chi connectivity index (χ4v) is 6.21. The molecule has 7 rings (SSSR count). The fraction of sp³-hybridized carbons (Fsp3) is 0.346. The summed E-state index contributed by atoms with van der Waals surface area (Å²) in [5.74, 6) is 3.33. The van der Waals surface area contributed by atoms with Gasteiger partial charge in [-0.3, -0.25) is 10.1 Å². The van der Waals surface area contributed by atoms with Gasteiger partial charge in [-0.1, -0.05) is 11.2 Å². The normalized spacial score (nSPS) is 23.2. The molecule has 0 spiro atoms. The Kier molecular flexibility index (Phi) is 4.56. The Morgan fingerprint density at radius 1 is 1.22 bits per heavy atom. The number of nitrogens with two attached hydrogens (primary N) is 1. The van der Waals surface area contributed by atoms with Crippen LogP contribution in [0.1, 0.15) is 17.9 Å². The molecule has 0 amide bonds. The van der Waals surface area contributed by atoms with Crippen LogP contribution in [0.25, 0.3) is 33.3 Å². The van der Waals surface area contributed by atoms with Crippen LogP contribution in [0.15, 0.2) is 47.2 Å². The highest BCUT2D eigenvalue weighted by Crippen LogP contribution is 2.62. The van der Waals surface area contributed by atoms with Gasteiger partial charge in [0, 0.05) is 48.3 Å². The number of aromatic amines is 1. The lowest BCUT2D eigenvalue weighted by Crippen LogP contribution is -2.32. The van der Waals surface area contributed by atoms with Crippen molar-refractivity contribution in [3.63, 3.8) is 0 Å². The summed E-state index contributed by atoms with van der Waals surface area (Å²) in [4.78, 5) is 16.5. The number of fused-ring (bicyclic) bond motifs is 3. The maximum atomic E-state index is 6.29. The zero-order chi connectivity index (χ0) is 24.4. The number of nitrogens with zero attached hydrogens (tertiary/aromatic N) is 6. The van der Waals surface area contributed by atoms with Crippen molar-refractivity contribution in [2.45, 2.75) is 18.8 Å². The predicted octanol–water partition coefficient (Wildman–Crippen LogP) is 3.23. The highest BCUT2D eigenvalue weighted by molar-refractivity contribution is 6.02. The molecule has 1 aromatic carbocycles. The molecule has 0 bridgehead atoms. The standard InChI is InChI=1S/C26H26N8O2/c1-14-10-20(33-36-14)26(13-27)17-7-9-34(12-18(17)26)21-11-29-24-23(31-32-25(24)30-21)16-5-6-19(35-2)22-15(16)4-3-8-28-22/h3-6,8,10-11,17-18H,7,9,12-13,27H2,1-2H3,(H,30,31,32). The first-order valence-corrected chi connectivity index (χ1v) is 12.2. The van der Waals surface area contributed by atoms with E-state index in [0.717, 1.165) is 70.2 Å². The second kappa shape index (κ2) is 7.72. The molecular weight excluding hydrogens is 456 g/mol. The molecule has 3 N–H and O–H groups in total. The summed E-state index contributed by atoms with van der Waals surface area (Å²) in [7, 11) is 1.65. The van der Waals surface area contributed by atoms with Crippen molar-refractivity contribution in [3.8, 4) is 17.0 Å². The first kappa shape index (κ1) is 21.3. The van der Waals surface area contributed by atoms with E-state index in [1.807, 2.05) is 43.5 Å². The Morgan fingerprint density at radius 3 is 2.94 bits per heavy atom. The van der Waals surface area contributed by atoms with Crippen LogP contribution in [0.2, 0.25) is 0 Å². The molecule has 5 aromatic rings. The number of piperidine rings is 1. The number of pyridine rings is 1. The van der Waals surface area contributed by atoms with E-state index in [0.29, 0.717) is 24.0 Å². The Morgan fingerprint density at radius 2 is 2.14 bits per heavy atom. The Labute approximate surface area is 206 Å². The summed E-state index contributed by atoms with van der Waals surface area (Å²) in [6.45, 7) is 4.26. The molecule has 182 valence electrons. The highest BCUT2D eigenvalue weighted by Gasteiger charge is 2.67. The van der Waals surface area contributed by atoms with E-state index < -0.39 is 0 Å². The lowest BCUT2D eigenvalue weighted by Gasteiger charge is -2.26. The zero-order valence-electron chi connectivity index (χ0n) is 20.1. The SMILES string of the molecule is COc1ccc(-c2n[nH]c3nc(N4CCC5C(C4)C5(CN)c4cc(C)on4)cnc23)c2cccnc12. The van der Waals surface area contributed by atoms with E-state index in [4.69, 9.17) is 25.0 Å². The Bertz CT molecular complexity index is 1610. The van der Waals surface area contributed by atoms with Gasteiger partial charge in [0.15, 0.2) is 5.65 Å². The van der Waals surface area contributed by atoms with E-state index in [2.05, 4.69) is 25.2 Å². The number of ether oxygens (including phenoxy) is 1. The van der Waals surface area contributed by atoms with E-state index in [9.17, 15) is 0 Å². The number of rotatable bonds is 5. The summed E-state index contributed by atoms with van der Waals surface area (Å²) in [5, 5.41) is 13.0. The number of H-pyrrole nitrogens is 1. The minimum Gasteiger partial charge on any atom is -0.494 e. The molecule has 36 heavy (non-hydrogen) atoms. The van der Waals surface area contributed by atoms with Gasteiger partial charge in [-0.2, -0.15) is 5.10 Å². The van der Waals surface area contributed by atoms with E-state index in [1.54, 1.807) is 13.3 Å². The monoisotopic (exact) mass is 482 g/mol. The van der Waals surface area contributed by atoms with Gasteiger partial charge in [0.2, 0.25) is 0 Å². The third kappa shape index (κ3) is 2.91. The largest absolute Gasteiger partial charge is 0.494 e. The van der Waals surface area contributed by atoms with Crippen molar-refractivity contribution in [3.05, 3.63) is 54.2 Å². The van der Waals surface area contributed by atoms with Crippen molar-refractivity contribution in [1.82, 2.24) is 30.3 Å². The molecule has 1 aliphatic carbocycles. The molecule has 10 heteroatoms. The number of methoxy groups -OCH3 is 1. The van der Waals surface area contributed by atoms with Crippen molar-refractivity contribution >= 4 is 27.9 Å². The number of benzene rings is 1. The number of aryl methyl sites for hydroxylation is 1. The highest BCUT2D eigenvalue weighted by atomic mass is 16.5. The maximum absolute atomic E-state index is 6.29. The molecule has 0 radical (unpaired) electrons. The van der Waals surface area contributed by atoms with Crippen molar-refractivity contribution < 1.29 is 9.26 Å². The minimum atomic E-state index is -0.103. The second-order valence-corrected chi connectivity index (χ2v) is 9.73. The van der Waals surface area contributed by atoms with Crippen LogP contribution >= 0.6 is 0 Å². The van der Waals surface area contributed by atoms with Gasteiger partial charge in [-0.05, 0) is 43.4 Å². The lowest BCUT2D eigenvalue weighted by atomic mass is 9.97. The molecule has 1 saturated heterocycles. The third-order valence-electron chi connectivity index (χ3n) is 8.06. The molecule has 4 aromatic heterocycles. The number of anilines is 1. The summed E-state index contributed by atoms with van der Waals surface area (Å²) < 4.78 is 10.9. The van der Waals surface area contributed by atoms with Gasteiger partial charge in [0.1, 0.15) is 34.1 Å². The predicted molar refractivity (Wildman–Crippen MR) is 135 cm³/mol. The Balaban J connectivity index is 1.21. The van der Waals surface area contributed by atoms with E-state index in [1.165, 1.54) is 0 Å². The van der Waals surface area contributed by atoms with Gasteiger partial charge in [0.05, 0.1) is 19.0 Å². The molecule has 1 saturated carbocycles. The molecule has 3 unspecified atom stereocenters. The quantitative estimate of drug-likeness (QED) is 0.387. The summed E-state index contributed by atoms with van der Waals surface area (Å²) in [5.41, 5.74) is 11.0. The lowest BCUT2D eigenvalue weighted by molar-refractivity contribution is 0.379. The average molecular weight is 483 g/mol. The topological polar surface area (TPSA) is 132 Å². The zero-order valence-corrected chi connectivity index (χ0v) is 20.1. The summed E-state index contributed by atoms with van der Waals surface area (Å²) in [6, 6.07) is 9.86. The second-order valence-electron chi connectivity index (χ2n) is 9.73. The van der Waals surface area contributed by atoms with Gasteiger partial charge in [-0.25, -0.2) is 9.97 Å². The molecule has 5 heterocycles. The molecule has 2 fully saturated rings. The van der Waals surface area contributed by atoms with Crippen LogP contribution in [0.3, 0.4) is 0 Å². The number of hydrogen-bond donors (Lipinski definition) is 2. The molecule has 3 atom stereocenters. The first-order chi connectivity index (χ1) is 17.6. The van der Waals surface area contributed by atoms with E-state index in [-0.39, 0.29) is 5.41 Å².